The van der Waals surface area contributed by atoms with E-state index in [1.807, 2.05) is 31.2 Å². The normalized spacial score (nSPS) is 11.3. The molecule has 0 heterocycles. The molecule has 108 valence electrons. The first-order chi connectivity index (χ1) is 10.3. The van der Waals surface area contributed by atoms with Crippen LogP contribution < -0.4 is 5.32 Å². The van der Waals surface area contributed by atoms with Crippen LogP contribution in [0.2, 0.25) is 0 Å². The van der Waals surface area contributed by atoms with Crippen LogP contribution in [0, 0.1) is 0 Å². The van der Waals surface area contributed by atoms with Gasteiger partial charge >= 0.3 is 0 Å². The molecule has 0 saturated carbocycles. The van der Waals surface area contributed by atoms with Gasteiger partial charge in [-0.05, 0) is 43.4 Å². The van der Waals surface area contributed by atoms with Gasteiger partial charge in [-0.2, -0.15) is 0 Å². The summed E-state index contributed by atoms with van der Waals surface area (Å²) in [6.07, 6.45) is 11.5. The van der Waals surface area contributed by atoms with Crippen LogP contribution >= 0.6 is 11.8 Å². The van der Waals surface area contributed by atoms with Gasteiger partial charge in [0.15, 0.2) is 0 Å². The second-order valence-corrected chi connectivity index (χ2v) is 5.46. The Morgan fingerprint density at radius 3 is 2.52 bits per heavy atom. The minimum Gasteiger partial charge on any atom is -0.355 e. The van der Waals surface area contributed by atoms with E-state index in [0.29, 0.717) is 0 Å². The predicted octanol–water partition coefficient (Wildman–Crippen LogP) is 5.83. The van der Waals surface area contributed by atoms with E-state index in [4.69, 9.17) is 0 Å². The summed E-state index contributed by atoms with van der Waals surface area (Å²) in [5, 5.41) is 3.51. The number of anilines is 2. The van der Waals surface area contributed by atoms with Crippen LogP contribution in [0.15, 0.2) is 77.7 Å². The molecule has 0 aliphatic heterocycles. The fourth-order valence-electron chi connectivity index (χ4n) is 2.15. The smallest absolute Gasteiger partial charge is 0.0525 e. The van der Waals surface area contributed by atoms with E-state index in [-0.39, 0.29) is 0 Å². The summed E-state index contributed by atoms with van der Waals surface area (Å²) in [7, 11) is 0. The Bertz CT molecular complexity index is 615. The highest BCUT2D eigenvalue weighted by atomic mass is 32.2. The summed E-state index contributed by atoms with van der Waals surface area (Å²) in [5.41, 5.74) is 3.64. The van der Waals surface area contributed by atoms with Crippen molar-refractivity contribution >= 4 is 23.1 Å². The number of hydrogen-bond donors (Lipinski definition) is 1. The Morgan fingerprint density at radius 1 is 1.00 bits per heavy atom. The minimum absolute atomic E-state index is 0.949. The van der Waals surface area contributed by atoms with Crippen molar-refractivity contribution in [3.05, 3.63) is 78.4 Å². The van der Waals surface area contributed by atoms with Gasteiger partial charge in [-0.1, -0.05) is 54.6 Å². The Morgan fingerprint density at radius 2 is 1.81 bits per heavy atom. The van der Waals surface area contributed by atoms with Gasteiger partial charge in [0.2, 0.25) is 0 Å². The molecule has 0 radical (unpaired) electrons. The third-order valence-electron chi connectivity index (χ3n) is 3.13. The summed E-state index contributed by atoms with van der Waals surface area (Å²) in [6, 6.07) is 16.7. The lowest BCUT2D eigenvalue weighted by atomic mass is 10.1. The topological polar surface area (TPSA) is 12.0 Å². The van der Waals surface area contributed by atoms with Crippen molar-refractivity contribution in [3.63, 3.8) is 0 Å². The summed E-state index contributed by atoms with van der Waals surface area (Å²) in [4.78, 5) is 1.31. The lowest BCUT2D eigenvalue weighted by Gasteiger charge is -2.14. The molecular formula is C19H21NS. The molecule has 2 rings (SSSR count). The maximum absolute atomic E-state index is 3.51. The summed E-state index contributed by atoms with van der Waals surface area (Å²) in [6.45, 7) is 2.03. The second kappa shape index (κ2) is 8.38. The molecule has 0 fully saturated rings. The molecule has 0 amide bonds. The van der Waals surface area contributed by atoms with Crippen molar-refractivity contribution < 1.29 is 0 Å². The fourth-order valence-corrected chi connectivity index (χ4v) is 2.90. The number of thioether (sulfide) groups is 1. The van der Waals surface area contributed by atoms with Gasteiger partial charge in [-0.3, -0.25) is 0 Å². The van der Waals surface area contributed by atoms with Gasteiger partial charge < -0.3 is 5.32 Å². The average Bonchev–Trinajstić information content (AvgIpc) is 2.53. The van der Waals surface area contributed by atoms with Crippen molar-refractivity contribution in [1.29, 1.82) is 0 Å². The maximum Gasteiger partial charge on any atom is 0.0525 e. The highest BCUT2D eigenvalue weighted by molar-refractivity contribution is 7.98. The number of nitrogens with one attached hydrogen (secondary N) is 1. The Hall–Kier alpha value is -1.93. The molecule has 0 saturated heterocycles. The molecule has 21 heavy (non-hydrogen) atoms. The molecule has 2 heteroatoms. The first-order valence-corrected chi connectivity index (χ1v) is 8.33. The van der Waals surface area contributed by atoms with Crippen LogP contribution in [0.4, 0.5) is 11.4 Å². The van der Waals surface area contributed by atoms with Gasteiger partial charge in [0.05, 0.1) is 5.69 Å². The third kappa shape index (κ3) is 4.54. The van der Waals surface area contributed by atoms with Crippen LogP contribution in [0.5, 0.6) is 0 Å². The van der Waals surface area contributed by atoms with E-state index >= 15 is 0 Å². The zero-order valence-electron chi connectivity index (χ0n) is 12.5. The standard InChI is InChI=1S/C19H21NS/c1-3-4-5-7-11-16-12-10-15-18(19(16)21-2)20-17-13-8-6-9-14-17/h3-10,12-15,20H,11H2,1-2H3/b4-3-,7-5-. The van der Waals surface area contributed by atoms with Gasteiger partial charge in [-0.25, -0.2) is 0 Å². The first-order valence-electron chi connectivity index (χ1n) is 7.11. The van der Waals surface area contributed by atoms with Crippen molar-refractivity contribution in [2.24, 2.45) is 0 Å². The van der Waals surface area contributed by atoms with E-state index in [9.17, 15) is 0 Å². The SMILES string of the molecule is C/C=C\C=C/Cc1cccc(Nc2ccccc2)c1SC. The second-order valence-electron chi connectivity index (χ2n) is 4.65. The van der Waals surface area contributed by atoms with Crippen LogP contribution in [-0.4, -0.2) is 6.26 Å². The monoisotopic (exact) mass is 295 g/mol. The zero-order chi connectivity index (χ0) is 14.9. The first kappa shape index (κ1) is 15.5. The maximum atomic E-state index is 3.51. The zero-order valence-corrected chi connectivity index (χ0v) is 13.4. The molecular weight excluding hydrogens is 274 g/mol. The van der Waals surface area contributed by atoms with Crippen LogP contribution in [0.25, 0.3) is 0 Å². The number of benzene rings is 2. The van der Waals surface area contributed by atoms with E-state index in [2.05, 4.69) is 60.1 Å². The van der Waals surface area contributed by atoms with Crippen molar-refractivity contribution in [2.75, 3.05) is 11.6 Å². The molecule has 0 bridgehead atoms. The molecule has 2 aromatic rings. The predicted molar refractivity (Wildman–Crippen MR) is 95.6 cm³/mol. The average molecular weight is 295 g/mol. The molecule has 0 aromatic heterocycles. The third-order valence-corrected chi connectivity index (χ3v) is 4.02. The van der Waals surface area contributed by atoms with Crippen LogP contribution in [0.3, 0.4) is 0 Å². The number of para-hydroxylation sites is 1. The Labute approximate surface area is 131 Å². The quantitative estimate of drug-likeness (QED) is 0.532. The number of rotatable bonds is 6. The molecule has 0 aliphatic carbocycles. The molecule has 0 atom stereocenters. The molecule has 0 unspecified atom stereocenters. The van der Waals surface area contributed by atoms with E-state index in [1.165, 1.54) is 16.1 Å². The van der Waals surface area contributed by atoms with Gasteiger partial charge in [-0.15, -0.1) is 11.8 Å². The van der Waals surface area contributed by atoms with Crippen molar-refractivity contribution in [2.45, 2.75) is 18.2 Å². The summed E-state index contributed by atoms with van der Waals surface area (Å²) < 4.78 is 0. The Kier molecular flexibility index (Phi) is 6.17. The molecule has 0 spiro atoms. The van der Waals surface area contributed by atoms with E-state index < -0.39 is 0 Å². The molecule has 2 aromatic carbocycles. The summed E-state index contributed by atoms with van der Waals surface area (Å²) in [5.74, 6) is 0. The van der Waals surface area contributed by atoms with Gasteiger partial charge in [0.1, 0.15) is 0 Å². The molecule has 1 nitrogen and oxygen atoms in total. The van der Waals surface area contributed by atoms with Crippen molar-refractivity contribution in [1.82, 2.24) is 0 Å². The largest absolute Gasteiger partial charge is 0.355 e. The molecule has 0 aliphatic rings. The van der Waals surface area contributed by atoms with Crippen molar-refractivity contribution in [3.8, 4) is 0 Å². The lowest BCUT2D eigenvalue weighted by molar-refractivity contribution is 1.18. The minimum atomic E-state index is 0.949. The molecule has 1 N–H and O–H groups in total. The highest BCUT2D eigenvalue weighted by Crippen LogP contribution is 2.32. The van der Waals surface area contributed by atoms with Crippen LogP contribution in [0.1, 0.15) is 12.5 Å². The van der Waals surface area contributed by atoms with Gasteiger partial charge in [0, 0.05) is 10.6 Å². The number of allylic oxidation sites excluding steroid dienone is 4. The Balaban J connectivity index is 2.22. The summed E-state index contributed by atoms with van der Waals surface area (Å²) >= 11 is 1.79. The van der Waals surface area contributed by atoms with E-state index in [0.717, 1.165) is 12.1 Å². The van der Waals surface area contributed by atoms with Crippen LogP contribution in [-0.2, 0) is 6.42 Å². The highest BCUT2D eigenvalue weighted by Gasteiger charge is 2.06. The fraction of sp³-hybridized carbons (Fsp3) is 0.158. The van der Waals surface area contributed by atoms with Gasteiger partial charge in [0.25, 0.3) is 0 Å². The van der Waals surface area contributed by atoms with E-state index in [1.54, 1.807) is 11.8 Å². The lowest BCUT2D eigenvalue weighted by Crippen LogP contribution is -1.95. The number of hydrogen-bond acceptors (Lipinski definition) is 2.